The van der Waals surface area contributed by atoms with Crippen molar-refractivity contribution in [2.45, 2.75) is 0 Å². The molecule has 276 valence electrons. The minimum absolute atomic E-state index is 0.605. The quantitative estimate of drug-likeness (QED) is 0.163. The first kappa shape index (κ1) is 34.4. The molecule has 11 aromatic rings. The lowest BCUT2D eigenvalue weighted by atomic mass is 9.87. The molecule has 0 spiro atoms. The number of fused-ring (bicyclic) bond motifs is 3. The van der Waals surface area contributed by atoms with Crippen LogP contribution in [0.2, 0.25) is 0 Å². The van der Waals surface area contributed by atoms with Crippen molar-refractivity contribution in [3.05, 3.63) is 218 Å². The van der Waals surface area contributed by atoms with Crippen LogP contribution in [0.15, 0.2) is 223 Å². The molecule has 0 atom stereocenters. The molecule has 3 nitrogen and oxygen atoms in total. The SMILES string of the molecule is c1ccc(-c2ccc3oc(-c4ccccc4-c4cccc(-c5c(-c6ccc(-c7nc(-c8ccccc8)cc8ccccc78)cc6)ccc6ccccc56)c4)nc3c2)cc1. The number of nitrogens with zero attached hydrogens (tertiary/aromatic N) is 2. The Morgan fingerprint density at radius 1 is 0.322 bits per heavy atom. The second-order valence-corrected chi connectivity index (χ2v) is 14.9. The number of hydrogen-bond acceptors (Lipinski definition) is 3. The van der Waals surface area contributed by atoms with Crippen molar-refractivity contribution >= 4 is 32.6 Å². The van der Waals surface area contributed by atoms with E-state index >= 15 is 0 Å². The molecule has 0 bridgehead atoms. The molecule has 0 aliphatic rings. The van der Waals surface area contributed by atoms with Gasteiger partial charge in [-0.25, -0.2) is 9.97 Å². The summed E-state index contributed by atoms with van der Waals surface area (Å²) in [5.74, 6) is 0.605. The van der Waals surface area contributed by atoms with Crippen molar-refractivity contribution < 1.29 is 4.42 Å². The first-order valence-corrected chi connectivity index (χ1v) is 20.0. The number of pyridine rings is 1. The number of benzene rings is 9. The maximum Gasteiger partial charge on any atom is 0.227 e. The van der Waals surface area contributed by atoms with Gasteiger partial charge >= 0.3 is 0 Å². The summed E-state index contributed by atoms with van der Waals surface area (Å²) in [5, 5.41) is 4.71. The van der Waals surface area contributed by atoms with E-state index in [1.165, 1.54) is 27.3 Å². The van der Waals surface area contributed by atoms with Crippen LogP contribution in [0, 0.1) is 0 Å². The van der Waals surface area contributed by atoms with Gasteiger partial charge in [-0.1, -0.05) is 188 Å². The molecule has 11 rings (SSSR count). The Balaban J connectivity index is 1.000. The molecule has 0 unspecified atom stereocenters. The van der Waals surface area contributed by atoms with Crippen molar-refractivity contribution in [1.82, 2.24) is 9.97 Å². The number of hydrogen-bond donors (Lipinski definition) is 0. The van der Waals surface area contributed by atoms with Crippen molar-refractivity contribution in [1.29, 1.82) is 0 Å². The molecular formula is C56H36N2O. The number of aromatic nitrogens is 2. The Bertz CT molecular complexity index is 3310. The van der Waals surface area contributed by atoms with Crippen LogP contribution in [-0.2, 0) is 0 Å². The van der Waals surface area contributed by atoms with E-state index in [4.69, 9.17) is 14.4 Å². The number of oxazole rings is 1. The smallest absolute Gasteiger partial charge is 0.227 e. The zero-order valence-electron chi connectivity index (χ0n) is 32.1. The van der Waals surface area contributed by atoms with E-state index in [-0.39, 0.29) is 0 Å². The largest absolute Gasteiger partial charge is 0.436 e. The zero-order chi connectivity index (χ0) is 39.1. The van der Waals surface area contributed by atoms with Gasteiger partial charge in [-0.15, -0.1) is 0 Å². The highest BCUT2D eigenvalue weighted by Gasteiger charge is 2.18. The molecule has 0 radical (unpaired) electrons. The first-order chi connectivity index (χ1) is 29.2. The van der Waals surface area contributed by atoms with Crippen LogP contribution in [0.3, 0.4) is 0 Å². The standard InChI is InChI=1S/C56H36N2O/c1-3-14-37(15-4-1)42-31-33-53-52(35-42)58-56(59-53)50-25-12-11-22-46(50)43-20-13-21-45(34-43)54-47-23-9-7-16-38(47)30-32-48(54)39-26-28-41(29-27-39)55-49-24-10-8-19-44(49)36-51(57-55)40-17-5-2-6-18-40/h1-36H. The van der Waals surface area contributed by atoms with Crippen molar-refractivity contribution in [2.24, 2.45) is 0 Å². The van der Waals surface area contributed by atoms with Gasteiger partial charge in [0.25, 0.3) is 0 Å². The van der Waals surface area contributed by atoms with Crippen LogP contribution in [-0.4, -0.2) is 9.97 Å². The molecular weight excluding hydrogens is 717 g/mol. The fraction of sp³-hybridized carbons (Fsp3) is 0. The van der Waals surface area contributed by atoms with Gasteiger partial charge in [0, 0.05) is 22.1 Å². The summed E-state index contributed by atoms with van der Waals surface area (Å²) in [6, 6.07) is 77.1. The van der Waals surface area contributed by atoms with E-state index in [9.17, 15) is 0 Å². The Morgan fingerprint density at radius 2 is 0.949 bits per heavy atom. The summed E-state index contributed by atoms with van der Waals surface area (Å²) in [7, 11) is 0. The minimum Gasteiger partial charge on any atom is -0.436 e. The van der Waals surface area contributed by atoms with Crippen molar-refractivity contribution in [3.63, 3.8) is 0 Å². The Labute approximate surface area is 342 Å². The normalized spacial score (nSPS) is 11.4. The summed E-state index contributed by atoms with van der Waals surface area (Å²) in [4.78, 5) is 10.3. The van der Waals surface area contributed by atoms with Gasteiger partial charge in [-0.05, 0) is 91.0 Å². The highest BCUT2D eigenvalue weighted by Crippen LogP contribution is 2.42. The third-order valence-electron chi connectivity index (χ3n) is 11.3. The van der Waals surface area contributed by atoms with E-state index in [0.29, 0.717) is 5.89 Å². The van der Waals surface area contributed by atoms with Crippen LogP contribution in [0.1, 0.15) is 0 Å². The Morgan fingerprint density at radius 3 is 1.76 bits per heavy atom. The van der Waals surface area contributed by atoms with E-state index in [2.05, 4.69) is 200 Å². The van der Waals surface area contributed by atoms with Crippen molar-refractivity contribution in [2.75, 3.05) is 0 Å². The van der Waals surface area contributed by atoms with Crippen LogP contribution in [0.4, 0.5) is 0 Å². The van der Waals surface area contributed by atoms with E-state index in [0.717, 1.165) is 77.9 Å². The molecule has 0 aliphatic heterocycles. The third-order valence-corrected chi connectivity index (χ3v) is 11.3. The molecule has 0 saturated carbocycles. The molecule has 0 amide bonds. The summed E-state index contributed by atoms with van der Waals surface area (Å²) >= 11 is 0. The van der Waals surface area contributed by atoms with Gasteiger partial charge in [-0.2, -0.15) is 0 Å². The van der Waals surface area contributed by atoms with Gasteiger partial charge in [0.15, 0.2) is 5.58 Å². The minimum atomic E-state index is 0.605. The van der Waals surface area contributed by atoms with E-state index < -0.39 is 0 Å². The number of rotatable bonds is 7. The van der Waals surface area contributed by atoms with E-state index in [1.807, 2.05) is 18.2 Å². The summed E-state index contributed by atoms with van der Waals surface area (Å²) < 4.78 is 6.44. The Hall–Kier alpha value is -7.88. The monoisotopic (exact) mass is 752 g/mol. The molecule has 2 aromatic heterocycles. The first-order valence-electron chi connectivity index (χ1n) is 20.0. The van der Waals surface area contributed by atoms with Gasteiger partial charge in [0.2, 0.25) is 5.89 Å². The highest BCUT2D eigenvalue weighted by molar-refractivity contribution is 6.05. The fourth-order valence-electron chi connectivity index (χ4n) is 8.42. The maximum absolute atomic E-state index is 6.44. The highest BCUT2D eigenvalue weighted by atomic mass is 16.3. The molecule has 2 heterocycles. The van der Waals surface area contributed by atoms with Crippen LogP contribution in [0.25, 0.3) is 111 Å². The maximum atomic E-state index is 6.44. The molecule has 0 fully saturated rings. The van der Waals surface area contributed by atoms with Crippen LogP contribution < -0.4 is 0 Å². The molecule has 9 aromatic carbocycles. The molecule has 0 saturated heterocycles. The van der Waals surface area contributed by atoms with E-state index in [1.54, 1.807) is 0 Å². The van der Waals surface area contributed by atoms with Crippen molar-refractivity contribution in [3.8, 4) is 78.5 Å². The average molecular weight is 753 g/mol. The lowest BCUT2D eigenvalue weighted by molar-refractivity contribution is 0.620. The summed E-state index contributed by atoms with van der Waals surface area (Å²) in [5.41, 5.74) is 15.8. The van der Waals surface area contributed by atoms with Gasteiger partial charge in [0.05, 0.1) is 11.4 Å². The predicted molar refractivity (Wildman–Crippen MR) is 245 cm³/mol. The fourth-order valence-corrected chi connectivity index (χ4v) is 8.42. The topological polar surface area (TPSA) is 38.9 Å². The lowest BCUT2D eigenvalue weighted by Crippen LogP contribution is -1.92. The predicted octanol–water partition coefficient (Wildman–Crippen LogP) is 15.2. The van der Waals surface area contributed by atoms with Gasteiger partial charge in [0.1, 0.15) is 5.52 Å². The second-order valence-electron chi connectivity index (χ2n) is 14.9. The average Bonchev–Trinajstić information content (AvgIpc) is 3.75. The zero-order valence-corrected chi connectivity index (χ0v) is 32.1. The third kappa shape index (κ3) is 6.36. The second kappa shape index (κ2) is 14.6. The van der Waals surface area contributed by atoms with Gasteiger partial charge in [-0.3, -0.25) is 0 Å². The van der Waals surface area contributed by atoms with Crippen LogP contribution >= 0.6 is 0 Å². The van der Waals surface area contributed by atoms with Crippen LogP contribution in [0.5, 0.6) is 0 Å². The molecule has 3 heteroatoms. The summed E-state index contributed by atoms with van der Waals surface area (Å²) in [6.45, 7) is 0. The lowest BCUT2D eigenvalue weighted by Gasteiger charge is -2.16. The molecule has 0 aliphatic carbocycles. The Kier molecular flexibility index (Phi) is 8.49. The molecule has 0 N–H and O–H groups in total. The van der Waals surface area contributed by atoms with Gasteiger partial charge < -0.3 is 4.42 Å². The summed E-state index contributed by atoms with van der Waals surface area (Å²) in [6.07, 6.45) is 0. The molecule has 59 heavy (non-hydrogen) atoms.